The van der Waals surface area contributed by atoms with Crippen LogP contribution >= 0.6 is 0 Å². The van der Waals surface area contributed by atoms with Crippen LogP contribution in [0.1, 0.15) is 33.2 Å². The fraction of sp³-hybridized carbons (Fsp3) is 0.211. The molecule has 0 saturated carbocycles. The summed E-state index contributed by atoms with van der Waals surface area (Å²) in [5.41, 5.74) is 1.31. The van der Waals surface area contributed by atoms with E-state index in [0.717, 1.165) is 4.90 Å². The van der Waals surface area contributed by atoms with Crippen LogP contribution < -0.4 is 4.74 Å². The lowest BCUT2D eigenvalue weighted by Gasteiger charge is -2.21. The number of ether oxygens (including phenoxy) is 2. The van der Waals surface area contributed by atoms with Crippen LogP contribution in [0.3, 0.4) is 0 Å². The molecule has 0 aliphatic carbocycles. The normalized spacial score (nSPS) is 14.2. The minimum Gasteiger partial charge on any atom is -0.496 e. The largest absolute Gasteiger partial charge is 0.496 e. The van der Waals surface area contributed by atoms with Crippen molar-refractivity contribution in [2.24, 2.45) is 0 Å². The van der Waals surface area contributed by atoms with Crippen LogP contribution in [0, 0.1) is 0 Å². The molecule has 6 nitrogen and oxygen atoms in total. The predicted octanol–water partition coefficient (Wildman–Crippen LogP) is 2.42. The van der Waals surface area contributed by atoms with Gasteiger partial charge in [0, 0.05) is 5.56 Å². The fourth-order valence-corrected chi connectivity index (χ4v) is 2.76. The van der Waals surface area contributed by atoms with E-state index in [-0.39, 0.29) is 6.61 Å². The zero-order valence-corrected chi connectivity index (χ0v) is 13.9. The van der Waals surface area contributed by atoms with Gasteiger partial charge in [-0.05, 0) is 25.1 Å². The van der Waals surface area contributed by atoms with E-state index < -0.39 is 23.8 Å². The molecule has 0 spiro atoms. The Hall–Kier alpha value is -3.15. The van der Waals surface area contributed by atoms with Crippen LogP contribution in [-0.2, 0) is 16.1 Å². The van der Waals surface area contributed by atoms with Gasteiger partial charge in [0.15, 0.2) is 0 Å². The molecule has 1 aliphatic rings. The molecule has 0 radical (unpaired) electrons. The molecular formula is C19H17NO5. The van der Waals surface area contributed by atoms with E-state index in [9.17, 15) is 14.4 Å². The van der Waals surface area contributed by atoms with Gasteiger partial charge in [0.25, 0.3) is 11.8 Å². The van der Waals surface area contributed by atoms with E-state index in [1.807, 2.05) is 6.07 Å². The molecule has 1 heterocycles. The number of imide groups is 1. The first-order chi connectivity index (χ1) is 12.0. The van der Waals surface area contributed by atoms with E-state index in [1.54, 1.807) is 42.5 Å². The monoisotopic (exact) mass is 339 g/mol. The number of rotatable bonds is 5. The van der Waals surface area contributed by atoms with Crippen molar-refractivity contribution in [2.45, 2.75) is 19.6 Å². The highest BCUT2D eigenvalue weighted by atomic mass is 16.5. The van der Waals surface area contributed by atoms with Gasteiger partial charge in [0.05, 0.1) is 18.2 Å². The van der Waals surface area contributed by atoms with E-state index in [0.29, 0.717) is 22.4 Å². The first-order valence-electron chi connectivity index (χ1n) is 7.80. The zero-order valence-electron chi connectivity index (χ0n) is 13.9. The fourth-order valence-electron chi connectivity index (χ4n) is 2.76. The molecule has 0 bridgehead atoms. The lowest BCUT2D eigenvalue weighted by molar-refractivity contribution is -0.149. The van der Waals surface area contributed by atoms with Gasteiger partial charge in [-0.3, -0.25) is 14.5 Å². The van der Waals surface area contributed by atoms with Crippen LogP contribution in [0.15, 0.2) is 48.5 Å². The molecule has 0 aromatic heterocycles. The Bertz CT molecular complexity index is 810. The van der Waals surface area contributed by atoms with Crippen LogP contribution in [0.4, 0.5) is 0 Å². The number of methoxy groups -OCH3 is 1. The van der Waals surface area contributed by atoms with Gasteiger partial charge in [-0.15, -0.1) is 0 Å². The molecule has 1 atom stereocenters. The van der Waals surface area contributed by atoms with Crippen LogP contribution in [0.5, 0.6) is 5.75 Å². The van der Waals surface area contributed by atoms with Gasteiger partial charge in [0.1, 0.15) is 18.4 Å². The Balaban J connectivity index is 1.71. The molecule has 0 saturated heterocycles. The van der Waals surface area contributed by atoms with Crippen LogP contribution in [0.2, 0.25) is 0 Å². The summed E-state index contributed by atoms with van der Waals surface area (Å²) in [6.07, 6.45) is 0. The zero-order chi connectivity index (χ0) is 18.0. The molecule has 3 rings (SSSR count). The third-order valence-electron chi connectivity index (χ3n) is 4.12. The maximum atomic E-state index is 12.4. The Kier molecular flexibility index (Phi) is 4.52. The number of amides is 2. The summed E-state index contributed by atoms with van der Waals surface area (Å²) in [4.78, 5) is 38.1. The van der Waals surface area contributed by atoms with E-state index in [4.69, 9.17) is 9.47 Å². The SMILES string of the molecule is COc1ccccc1COC(=O)[C@H](C)N1C(=O)c2ccccc2C1=O. The van der Waals surface area contributed by atoms with Crippen molar-refractivity contribution in [3.63, 3.8) is 0 Å². The Morgan fingerprint density at radius 1 is 1.00 bits per heavy atom. The summed E-state index contributed by atoms with van der Waals surface area (Å²) in [5.74, 6) is -1.02. The lowest BCUT2D eigenvalue weighted by Crippen LogP contribution is -2.43. The third kappa shape index (κ3) is 2.98. The van der Waals surface area contributed by atoms with Gasteiger partial charge in [0.2, 0.25) is 0 Å². The Morgan fingerprint density at radius 2 is 1.56 bits per heavy atom. The van der Waals surface area contributed by atoms with E-state index in [2.05, 4.69) is 0 Å². The van der Waals surface area contributed by atoms with Crippen molar-refractivity contribution in [2.75, 3.05) is 7.11 Å². The molecule has 0 fully saturated rings. The van der Waals surface area contributed by atoms with Crippen molar-refractivity contribution < 1.29 is 23.9 Å². The summed E-state index contributed by atoms with van der Waals surface area (Å²) < 4.78 is 10.5. The van der Waals surface area contributed by atoms with Crippen LogP contribution in [-0.4, -0.2) is 35.8 Å². The topological polar surface area (TPSA) is 72.9 Å². The average Bonchev–Trinajstić information content (AvgIpc) is 2.90. The number of para-hydroxylation sites is 1. The molecule has 2 aromatic carbocycles. The predicted molar refractivity (Wildman–Crippen MR) is 89.2 cm³/mol. The molecular weight excluding hydrogens is 322 g/mol. The number of carbonyl (C=O) groups excluding carboxylic acids is 3. The summed E-state index contributed by atoms with van der Waals surface area (Å²) in [6.45, 7) is 1.47. The average molecular weight is 339 g/mol. The first kappa shape index (κ1) is 16.7. The molecule has 2 amide bonds. The van der Waals surface area contributed by atoms with Crippen molar-refractivity contribution in [1.82, 2.24) is 4.90 Å². The highest BCUT2D eigenvalue weighted by Gasteiger charge is 2.41. The van der Waals surface area contributed by atoms with Crippen molar-refractivity contribution in [3.8, 4) is 5.75 Å². The second-order valence-corrected chi connectivity index (χ2v) is 5.62. The Morgan fingerprint density at radius 3 is 2.16 bits per heavy atom. The summed E-state index contributed by atoms with van der Waals surface area (Å²) >= 11 is 0. The number of nitrogens with zero attached hydrogens (tertiary/aromatic N) is 1. The van der Waals surface area contributed by atoms with Crippen molar-refractivity contribution >= 4 is 17.8 Å². The molecule has 2 aromatic rings. The smallest absolute Gasteiger partial charge is 0.329 e. The van der Waals surface area contributed by atoms with Crippen molar-refractivity contribution in [3.05, 3.63) is 65.2 Å². The maximum absolute atomic E-state index is 12.4. The van der Waals surface area contributed by atoms with Gasteiger partial charge >= 0.3 is 5.97 Å². The standard InChI is InChI=1S/C19H17NO5/c1-12(19(23)25-11-13-7-3-6-10-16(13)24-2)20-17(21)14-8-4-5-9-15(14)18(20)22/h3-10,12H,11H2,1-2H3/t12-/m0/s1. The number of benzene rings is 2. The summed E-state index contributed by atoms with van der Waals surface area (Å²) in [5, 5.41) is 0. The number of esters is 1. The van der Waals surface area contributed by atoms with Gasteiger partial charge in [-0.1, -0.05) is 30.3 Å². The Labute approximate surface area is 145 Å². The van der Waals surface area contributed by atoms with Gasteiger partial charge < -0.3 is 9.47 Å². The molecule has 128 valence electrons. The maximum Gasteiger partial charge on any atom is 0.329 e. The molecule has 0 N–H and O–H groups in total. The lowest BCUT2D eigenvalue weighted by atomic mass is 10.1. The minimum absolute atomic E-state index is 0.00362. The molecule has 1 aliphatic heterocycles. The van der Waals surface area contributed by atoms with E-state index in [1.165, 1.54) is 14.0 Å². The number of carbonyl (C=O) groups is 3. The summed E-state index contributed by atoms with van der Waals surface area (Å²) in [6, 6.07) is 12.6. The second kappa shape index (κ2) is 6.76. The number of fused-ring (bicyclic) bond motifs is 1. The highest BCUT2D eigenvalue weighted by Crippen LogP contribution is 2.25. The highest BCUT2D eigenvalue weighted by molar-refractivity contribution is 6.22. The second-order valence-electron chi connectivity index (χ2n) is 5.62. The van der Waals surface area contributed by atoms with Gasteiger partial charge in [-0.25, -0.2) is 4.79 Å². The number of hydrogen-bond donors (Lipinski definition) is 0. The first-order valence-corrected chi connectivity index (χ1v) is 7.80. The van der Waals surface area contributed by atoms with Gasteiger partial charge in [-0.2, -0.15) is 0 Å². The molecule has 0 unspecified atom stereocenters. The third-order valence-corrected chi connectivity index (χ3v) is 4.12. The van der Waals surface area contributed by atoms with Crippen LogP contribution in [0.25, 0.3) is 0 Å². The van der Waals surface area contributed by atoms with Crippen molar-refractivity contribution in [1.29, 1.82) is 0 Å². The summed E-state index contributed by atoms with van der Waals surface area (Å²) in [7, 11) is 1.53. The molecule has 25 heavy (non-hydrogen) atoms. The van der Waals surface area contributed by atoms with E-state index >= 15 is 0 Å². The minimum atomic E-state index is -1.01. The number of hydrogen-bond acceptors (Lipinski definition) is 5. The quantitative estimate of drug-likeness (QED) is 0.618. The molecule has 6 heteroatoms.